The molecule has 1 aliphatic heterocycles. The molecule has 2 fully saturated rings. The fourth-order valence-corrected chi connectivity index (χ4v) is 3.97. The zero-order valence-corrected chi connectivity index (χ0v) is 15.7. The molecular formula is C20H31N3O3. The van der Waals surface area contributed by atoms with Gasteiger partial charge in [0.25, 0.3) is 0 Å². The topological polar surface area (TPSA) is 74.7 Å². The first-order valence-electron chi connectivity index (χ1n) is 9.87. The van der Waals surface area contributed by atoms with Gasteiger partial charge in [0.05, 0.1) is 18.8 Å². The first-order valence-corrected chi connectivity index (χ1v) is 9.87. The van der Waals surface area contributed by atoms with Crippen molar-refractivity contribution in [1.82, 2.24) is 15.2 Å². The number of nitrogens with one attached hydrogen (secondary N) is 1. The molecule has 1 aromatic heterocycles. The van der Waals surface area contributed by atoms with Crippen LogP contribution in [-0.4, -0.2) is 59.3 Å². The molecule has 2 N–H and O–H groups in total. The lowest BCUT2D eigenvalue weighted by Crippen LogP contribution is -2.56. The number of ether oxygens (including phenoxy) is 1. The van der Waals surface area contributed by atoms with E-state index >= 15 is 0 Å². The van der Waals surface area contributed by atoms with E-state index in [9.17, 15) is 9.90 Å². The van der Waals surface area contributed by atoms with Crippen LogP contribution in [0.2, 0.25) is 0 Å². The lowest BCUT2D eigenvalue weighted by Gasteiger charge is -2.38. The minimum absolute atomic E-state index is 0.0672. The van der Waals surface area contributed by atoms with Crippen LogP contribution >= 0.6 is 0 Å². The summed E-state index contributed by atoms with van der Waals surface area (Å²) in [6.45, 7) is 5.12. The second-order valence-electron chi connectivity index (χ2n) is 7.54. The monoisotopic (exact) mass is 361 g/mol. The van der Waals surface area contributed by atoms with Gasteiger partial charge in [-0.25, -0.2) is 0 Å². The van der Waals surface area contributed by atoms with Crippen molar-refractivity contribution in [3.8, 4) is 0 Å². The Morgan fingerprint density at radius 2 is 2.27 bits per heavy atom. The van der Waals surface area contributed by atoms with Crippen LogP contribution in [0.4, 0.5) is 0 Å². The Hall–Kier alpha value is -1.50. The number of aromatic nitrogens is 1. The van der Waals surface area contributed by atoms with Gasteiger partial charge < -0.3 is 15.2 Å². The highest BCUT2D eigenvalue weighted by atomic mass is 16.5. The van der Waals surface area contributed by atoms with E-state index in [0.717, 1.165) is 44.3 Å². The number of amides is 1. The van der Waals surface area contributed by atoms with Gasteiger partial charge in [-0.15, -0.1) is 0 Å². The Bertz CT molecular complexity index is 573. The predicted octanol–water partition coefficient (Wildman–Crippen LogP) is 1.83. The summed E-state index contributed by atoms with van der Waals surface area (Å²) in [5.74, 6) is 0.0672. The van der Waals surface area contributed by atoms with E-state index in [4.69, 9.17) is 4.74 Å². The summed E-state index contributed by atoms with van der Waals surface area (Å²) < 4.78 is 5.54. The number of aliphatic hydroxyl groups is 1. The minimum atomic E-state index is -0.823. The molecule has 1 unspecified atom stereocenters. The Morgan fingerprint density at radius 1 is 1.46 bits per heavy atom. The van der Waals surface area contributed by atoms with Gasteiger partial charge in [-0.1, -0.05) is 19.4 Å². The highest BCUT2D eigenvalue weighted by molar-refractivity contribution is 5.82. The average molecular weight is 361 g/mol. The Labute approximate surface area is 155 Å². The molecule has 0 bridgehead atoms. The smallest absolute Gasteiger partial charge is 0.239 e. The highest BCUT2D eigenvalue weighted by Gasteiger charge is 2.37. The third-order valence-electron chi connectivity index (χ3n) is 5.70. The molecule has 6 nitrogen and oxygen atoms in total. The number of carbonyl (C=O) groups excluding carboxylic acids is 1. The molecule has 2 heterocycles. The number of rotatable bonds is 6. The van der Waals surface area contributed by atoms with Crippen molar-refractivity contribution in [2.24, 2.45) is 0 Å². The summed E-state index contributed by atoms with van der Waals surface area (Å²) in [6, 6.07) is 3.72. The molecule has 6 heteroatoms. The zero-order valence-electron chi connectivity index (χ0n) is 15.7. The first kappa shape index (κ1) is 19.3. The van der Waals surface area contributed by atoms with Crippen LogP contribution in [0, 0.1) is 0 Å². The van der Waals surface area contributed by atoms with E-state index in [0.29, 0.717) is 26.1 Å². The third kappa shape index (κ3) is 4.61. The average Bonchev–Trinajstić information content (AvgIpc) is 2.69. The first-order chi connectivity index (χ1) is 12.6. The molecule has 0 aromatic carbocycles. The van der Waals surface area contributed by atoms with Crippen LogP contribution in [0.1, 0.15) is 51.0 Å². The predicted molar refractivity (Wildman–Crippen MR) is 99.6 cm³/mol. The van der Waals surface area contributed by atoms with E-state index < -0.39 is 5.60 Å². The summed E-state index contributed by atoms with van der Waals surface area (Å²) in [6.07, 6.45) is 8.53. The quantitative estimate of drug-likeness (QED) is 0.809. The zero-order chi connectivity index (χ0) is 18.4. The fourth-order valence-electron chi connectivity index (χ4n) is 3.97. The van der Waals surface area contributed by atoms with Crippen molar-refractivity contribution >= 4 is 5.91 Å². The largest absolute Gasteiger partial charge is 0.385 e. The maximum atomic E-state index is 12.8. The van der Waals surface area contributed by atoms with Crippen molar-refractivity contribution in [3.63, 3.8) is 0 Å². The SMILES string of the molecule is CCCCN1CCOCC1C(=O)NC1CCC(O)(c2cccnc2)CC1. The lowest BCUT2D eigenvalue weighted by molar-refractivity contribution is -0.134. The van der Waals surface area contributed by atoms with Gasteiger partial charge in [-0.2, -0.15) is 0 Å². The van der Waals surface area contributed by atoms with Gasteiger partial charge in [0.15, 0.2) is 0 Å². The number of hydrogen-bond acceptors (Lipinski definition) is 5. The van der Waals surface area contributed by atoms with Crippen LogP contribution < -0.4 is 5.32 Å². The van der Waals surface area contributed by atoms with Gasteiger partial charge in [0.1, 0.15) is 6.04 Å². The summed E-state index contributed by atoms with van der Waals surface area (Å²) in [7, 11) is 0. The molecule has 1 saturated heterocycles. The van der Waals surface area contributed by atoms with Gasteiger partial charge in [0.2, 0.25) is 5.91 Å². The maximum Gasteiger partial charge on any atom is 0.239 e. The molecule has 1 aromatic rings. The Balaban J connectivity index is 1.52. The molecular weight excluding hydrogens is 330 g/mol. The summed E-state index contributed by atoms with van der Waals surface area (Å²) in [4.78, 5) is 19.1. The number of hydrogen-bond donors (Lipinski definition) is 2. The molecule has 0 radical (unpaired) electrons. The molecule has 0 spiro atoms. The standard InChI is InChI=1S/C20H31N3O3/c1-2-3-11-23-12-13-26-15-18(23)19(24)22-17-6-8-20(25,9-7-17)16-5-4-10-21-14-16/h4-5,10,14,17-18,25H,2-3,6-9,11-13,15H2,1H3,(H,22,24). The summed E-state index contributed by atoms with van der Waals surface area (Å²) in [5, 5.41) is 14.1. The van der Waals surface area contributed by atoms with Crippen molar-refractivity contribution in [2.75, 3.05) is 26.3 Å². The van der Waals surface area contributed by atoms with Crippen LogP contribution in [0.3, 0.4) is 0 Å². The molecule has 3 rings (SSSR count). The normalized spacial score (nSPS) is 30.1. The van der Waals surface area contributed by atoms with Crippen LogP contribution in [0.15, 0.2) is 24.5 Å². The third-order valence-corrected chi connectivity index (χ3v) is 5.70. The van der Waals surface area contributed by atoms with Crippen molar-refractivity contribution in [3.05, 3.63) is 30.1 Å². The molecule has 2 aliphatic rings. The molecule has 26 heavy (non-hydrogen) atoms. The number of pyridine rings is 1. The molecule has 1 atom stereocenters. The van der Waals surface area contributed by atoms with Crippen LogP contribution in [0.5, 0.6) is 0 Å². The van der Waals surface area contributed by atoms with Gasteiger partial charge >= 0.3 is 0 Å². The number of morpholine rings is 1. The second kappa shape index (κ2) is 8.93. The van der Waals surface area contributed by atoms with Crippen LogP contribution in [0.25, 0.3) is 0 Å². The van der Waals surface area contributed by atoms with E-state index in [1.165, 1.54) is 0 Å². The van der Waals surface area contributed by atoms with E-state index in [1.807, 2.05) is 12.1 Å². The molecule has 1 aliphatic carbocycles. The molecule has 1 amide bonds. The Morgan fingerprint density at radius 3 is 2.96 bits per heavy atom. The summed E-state index contributed by atoms with van der Waals surface area (Å²) in [5.41, 5.74) is 0.0487. The van der Waals surface area contributed by atoms with Gasteiger partial charge in [-0.3, -0.25) is 14.7 Å². The van der Waals surface area contributed by atoms with E-state index in [2.05, 4.69) is 22.1 Å². The van der Waals surface area contributed by atoms with Crippen LogP contribution in [-0.2, 0) is 15.1 Å². The lowest BCUT2D eigenvalue weighted by atomic mass is 9.78. The summed E-state index contributed by atoms with van der Waals surface area (Å²) >= 11 is 0. The Kier molecular flexibility index (Phi) is 6.62. The van der Waals surface area contributed by atoms with Gasteiger partial charge in [-0.05, 0) is 44.7 Å². The van der Waals surface area contributed by atoms with E-state index in [1.54, 1.807) is 12.4 Å². The van der Waals surface area contributed by atoms with Gasteiger partial charge in [0, 0.05) is 30.5 Å². The van der Waals surface area contributed by atoms with Crippen molar-refractivity contribution in [1.29, 1.82) is 0 Å². The highest BCUT2D eigenvalue weighted by Crippen LogP contribution is 2.36. The number of carbonyl (C=O) groups is 1. The van der Waals surface area contributed by atoms with E-state index in [-0.39, 0.29) is 18.0 Å². The minimum Gasteiger partial charge on any atom is -0.385 e. The fraction of sp³-hybridized carbons (Fsp3) is 0.700. The van der Waals surface area contributed by atoms with Crippen molar-refractivity contribution < 1.29 is 14.6 Å². The number of unbranched alkanes of at least 4 members (excludes halogenated alkanes) is 1. The molecule has 1 saturated carbocycles. The maximum absolute atomic E-state index is 12.8. The molecule has 144 valence electrons. The number of nitrogens with zero attached hydrogens (tertiary/aromatic N) is 2. The van der Waals surface area contributed by atoms with Crippen molar-refractivity contribution in [2.45, 2.75) is 63.1 Å². The second-order valence-corrected chi connectivity index (χ2v) is 7.54.